The molecule has 0 radical (unpaired) electrons. The van der Waals surface area contributed by atoms with E-state index in [1.54, 1.807) is 0 Å². The fourth-order valence-electron chi connectivity index (χ4n) is 1.78. The van der Waals surface area contributed by atoms with Gasteiger partial charge in [-0.15, -0.1) is 0 Å². The van der Waals surface area contributed by atoms with E-state index in [-0.39, 0.29) is 0 Å². The van der Waals surface area contributed by atoms with Crippen LogP contribution in [0.15, 0.2) is 18.3 Å². The van der Waals surface area contributed by atoms with Crippen LogP contribution in [-0.2, 0) is 6.42 Å². The maximum atomic E-state index is 4.27. The van der Waals surface area contributed by atoms with E-state index < -0.39 is 0 Å². The largest absolute Gasteiger partial charge is 0.306 e. The summed E-state index contributed by atoms with van der Waals surface area (Å²) in [7, 11) is 2.17. The Labute approximate surface area is 113 Å². The SMILES string of the molecule is CCCN(C)CCC.CCCc1ccc(C)cn1. The van der Waals surface area contributed by atoms with Crippen LogP contribution in [0.1, 0.15) is 51.3 Å². The topological polar surface area (TPSA) is 16.1 Å². The first-order valence-corrected chi connectivity index (χ1v) is 7.24. The molecule has 0 aliphatic rings. The molecular formula is C16H30N2. The quantitative estimate of drug-likeness (QED) is 0.756. The fraction of sp³-hybridized carbons (Fsp3) is 0.688. The van der Waals surface area contributed by atoms with E-state index in [0.29, 0.717) is 0 Å². The van der Waals surface area contributed by atoms with Gasteiger partial charge in [0.05, 0.1) is 0 Å². The highest BCUT2D eigenvalue weighted by Crippen LogP contribution is 2.00. The van der Waals surface area contributed by atoms with Crippen LogP contribution >= 0.6 is 0 Å². The molecule has 18 heavy (non-hydrogen) atoms. The molecule has 0 saturated heterocycles. The molecular weight excluding hydrogens is 220 g/mol. The van der Waals surface area contributed by atoms with Crippen molar-refractivity contribution in [3.8, 4) is 0 Å². The maximum absolute atomic E-state index is 4.27. The van der Waals surface area contributed by atoms with E-state index in [2.05, 4.69) is 56.8 Å². The molecule has 0 fully saturated rings. The van der Waals surface area contributed by atoms with Crippen LogP contribution < -0.4 is 0 Å². The molecule has 1 aromatic rings. The molecule has 0 bridgehead atoms. The molecule has 0 aromatic carbocycles. The van der Waals surface area contributed by atoms with Gasteiger partial charge in [-0.2, -0.15) is 0 Å². The Balaban J connectivity index is 0.000000331. The molecule has 0 atom stereocenters. The zero-order valence-electron chi connectivity index (χ0n) is 12.9. The summed E-state index contributed by atoms with van der Waals surface area (Å²) in [5, 5.41) is 0. The van der Waals surface area contributed by atoms with Gasteiger partial charge in [-0.1, -0.05) is 33.3 Å². The Morgan fingerprint density at radius 3 is 2.00 bits per heavy atom. The predicted molar refractivity (Wildman–Crippen MR) is 81.0 cm³/mol. The standard InChI is InChI=1S/C9H13N.C7H17N/c1-3-4-9-6-5-8(2)7-10-9;1-4-6-8(3)7-5-2/h5-7H,3-4H2,1-2H3;4-7H2,1-3H3. The number of pyridine rings is 1. The zero-order chi connectivity index (χ0) is 13.8. The van der Waals surface area contributed by atoms with Gasteiger partial charge in [0.2, 0.25) is 0 Å². The van der Waals surface area contributed by atoms with Crippen LogP contribution in [0, 0.1) is 6.92 Å². The Kier molecular flexibility index (Phi) is 10.7. The molecule has 1 aromatic heterocycles. The Hall–Kier alpha value is -0.890. The van der Waals surface area contributed by atoms with Crippen molar-refractivity contribution in [1.82, 2.24) is 9.88 Å². The minimum atomic E-state index is 1.10. The monoisotopic (exact) mass is 250 g/mol. The molecule has 0 saturated carbocycles. The van der Waals surface area contributed by atoms with Crippen molar-refractivity contribution >= 4 is 0 Å². The highest BCUT2D eigenvalue weighted by atomic mass is 15.1. The van der Waals surface area contributed by atoms with Gasteiger partial charge in [-0.25, -0.2) is 0 Å². The van der Waals surface area contributed by atoms with Crippen molar-refractivity contribution in [3.05, 3.63) is 29.6 Å². The van der Waals surface area contributed by atoms with Crippen molar-refractivity contribution < 1.29 is 0 Å². The molecule has 2 heteroatoms. The van der Waals surface area contributed by atoms with Crippen LogP contribution in [-0.4, -0.2) is 30.0 Å². The third kappa shape index (κ3) is 9.17. The van der Waals surface area contributed by atoms with Gasteiger partial charge in [0, 0.05) is 11.9 Å². The molecule has 1 rings (SSSR count). The average molecular weight is 250 g/mol. The number of hydrogen-bond donors (Lipinski definition) is 0. The molecule has 0 N–H and O–H groups in total. The number of aryl methyl sites for hydroxylation is 2. The van der Waals surface area contributed by atoms with Crippen LogP contribution in [0.3, 0.4) is 0 Å². The molecule has 0 spiro atoms. The molecule has 0 unspecified atom stereocenters. The number of aromatic nitrogens is 1. The summed E-state index contributed by atoms with van der Waals surface area (Å²) in [5.74, 6) is 0. The summed E-state index contributed by atoms with van der Waals surface area (Å²) in [4.78, 5) is 6.63. The molecule has 1 heterocycles. The lowest BCUT2D eigenvalue weighted by atomic mass is 10.2. The van der Waals surface area contributed by atoms with E-state index in [1.165, 1.54) is 43.6 Å². The average Bonchev–Trinajstić information content (AvgIpc) is 2.34. The van der Waals surface area contributed by atoms with Crippen LogP contribution in [0.25, 0.3) is 0 Å². The van der Waals surface area contributed by atoms with Gasteiger partial charge < -0.3 is 4.90 Å². The summed E-state index contributed by atoms with van der Waals surface area (Å²) < 4.78 is 0. The number of rotatable bonds is 6. The summed E-state index contributed by atoms with van der Waals surface area (Å²) in [6, 6.07) is 4.21. The third-order valence-electron chi connectivity index (χ3n) is 2.69. The third-order valence-corrected chi connectivity index (χ3v) is 2.69. The minimum Gasteiger partial charge on any atom is -0.306 e. The normalized spacial score (nSPS) is 10.1. The van der Waals surface area contributed by atoms with Gasteiger partial charge in [0.1, 0.15) is 0 Å². The molecule has 104 valence electrons. The minimum absolute atomic E-state index is 1.10. The van der Waals surface area contributed by atoms with Gasteiger partial charge in [0.25, 0.3) is 0 Å². The maximum Gasteiger partial charge on any atom is 0.0403 e. The van der Waals surface area contributed by atoms with E-state index in [0.717, 1.165) is 6.42 Å². The predicted octanol–water partition coefficient (Wildman–Crippen LogP) is 4.08. The van der Waals surface area contributed by atoms with Crippen molar-refractivity contribution in [2.24, 2.45) is 0 Å². The highest BCUT2D eigenvalue weighted by Gasteiger charge is 1.90. The van der Waals surface area contributed by atoms with E-state index in [1.807, 2.05) is 6.20 Å². The lowest BCUT2D eigenvalue weighted by molar-refractivity contribution is 0.335. The Morgan fingerprint density at radius 2 is 1.61 bits per heavy atom. The van der Waals surface area contributed by atoms with Crippen LogP contribution in [0.4, 0.5) is 0 Å². The van der Waals surface area contributed by atoms with Gasteiger partial charge in [-0.3, -0.25) is 4.98 Å². The Bertz CT molecular complexity index is 274. The van der Waals surface area contributed by atoms with E-state index in [4.69, 9.17) is 0 Å². The van der Waals surface area contributed by atoms with Crippen LogP contribution in [0.5, 0.6) is 0 Å². The molecule has 0 amide bonds. The summed E-state index contributed by atoms with van der Waals surface area (Å²) in [6.45, 7) is 11.1. The first-order chi connectivity index (χ1) is 8.63. The first kappa shape index (κ1) is 17.1. The van der Waals surface area contributed by atoms with Crippen molar-refractivity contribution in [2.45, 2.75) is 53.4 Å². The van der Waals surface area contributed by atoms with Gasteiger partial charge in [-0.05, 0) is 58.0 Å². The summed E-state index contributed by atoms with van der Waals surface area (Å²) in [6.07, 6.45) is 6.74. The molecule has 0 aliphatic heterocycles. The van der Waals surface area contributed by atoms with Crippen molar-refractivity contribution in [2.75, 3.05) is 20.1 Å². The van der Waals surface area contributed by atoms with Crippen LogP contribution in [0.2, 0.25) is 0 Å². The summed E-state index contributed by atoms with van der Waals surface area (Å²) >= 11 is 0. The Morgan fingerprint density at radius 1 is 1.00 bits per heavy atom. The lowest BCUT2D eigenvalue weighted by Crippen LogP contribution is -2.19. The van der Waals surface area contributed by atoms with Crippen molar-refractivity contribution in [3.63, 3.8) is 0 Å². The van der Waals surface area contributed by atoms with Gasteiger partial charge >= 0.3 is 0 Å². The molecule has 2 nitrogen and oxygen atoms in total. The number of hydrogen-bond acceptors (Lipinski definition) is 2. The second-order valence-corrected chi connectivity index (χ2v) is 4.88. The number of nitrogens with zero attached hydrogens (tertiary/aromatic N) is 2. The second kappa shape index (κ2) is 11.2. The second-order valence-electron chi connectivity index (χ2n) is 4.88. The summed E-state index contributed by atoms with van der Waals surface area (Å²) in [5.41, 5.74) is 2.44. The smallest absolute Gasteiger partial charge is 0.0403 e. The first-order valence-electron chi connectivity index (χ1n) is 7.24. The van der Waals surface area contributed by atoms with Gasteiger partial charge in [0.15, 0.2) is 0 Å². The van der Waals surface area contributed by atoms with Crippen molar-refractivity contribution in [1.29, 1.82) is 0 Å². The zero-order valence-corrected chi connectivity index (χ0v) is 12.9. The van der Waals surface area contributed by atoms with E-state index in [9.17, 15) is 0 Å². The lowest BCUT2D eigenvalue weighted by Gasteiger charge is -2.12. The molecule has 0 aliphatic carbocycles. The van der Waals surface area contributed by atoms with E-state index >= 15 is 0 Å². The highest BCUT2D eigenvalue weighted by molar-refractivity contribution is 5.11. The fourth-order valence-corrected chi connectivity index (χ4v) is 1.78.